The second-order valence-corrected chi connectivity index (χ2v) is 8.92. The summed E-state index contributed by atoms with van der Waals surface area (Å²) in [4.78, 5) is 4.84. The number of hydrogen-bond acceptors (Lipinski definition) is 2. The summed E-state index contributed by atoms with van der Waals surface area (Å²) in [6, 6.07) is 36.5. The maximum atomic E-state index is 6.48. The van der Waals surface area contributed by atoms with Gasteiger partial charge in [0.05, 0.1) is 6.10 Å². The van der Waals surface area contributed by atoms with Gasteiger partial charge in [0.25, 0.3) is 0 Å². The number of pyridine rings is 1. The molecule has 1 aromatic heterocycles. The molecule has 6 rings (SSSR count). The summed E-state index contributed by atoms with van der Waals surface area (Å²) in [5.74, 6) is 0.839. The molecule has 0 saturated heterocycles. The lowest BCUT2D eigenvalue weighted by atomic mass is 9.90. The molecule has 1 heterocycles. The Hall–Kier alpha value is -4.17. The van der Waals surface area contributed by atoms with Gasteiger partial charge in [-0.3, -0.25) is 4.98 Å². The molecule has 5 aromatic carbocycles. The van der Waals surface area contributed by atoms with E-state index in [0.717, 1.165) is 27.8 Å². The first-order valence-corrected chi connectivity index (χ1v) is 11.8. The van der Waals surface area contributed by atoms with Gasteiger partial charge < -0.3 is 4.74 Å². The van der Waals surface area contributed by atoms with Crippen LogP contribution < -0.4 is 4.74 Å². The molecular weight excluding hydrogens is 414 g/mol. The first-order chi connectivity index (χ1) is 16.7. The van der Waals surface area contributed by atoms with Crippen LogP contribution in [0.4, 0.5) is 0 Å². The van der Waals surface area contributed by atoms with Gasteiger partial charge >= 0.3 is 0 Å². The maximum Gasteiger partial charge on any atom is 0.153 e. The smallest absolute Gasteiger partial charge is 0.153 e. The Morgan fingerprint density at radius 2 is 1.12 bits per heavy atom. The molecule has 0 saturated carbocycles. The third kappa shape index (κ3) is 3.39. The summed E-state index contributed by atoms with van der Waals surface area (Å²) in [5, 5.41) is 5.97. The van der Waals surface area contributed by atoms with Gasteiger partial charge in [-0.05, 0) is 64.2 Å². The predicted octanol–water partition coefficient (Wildman–Crippen LogP) is 8.66. The van der Waals surface area contributed by atoms with E-state index < -0.39 is 0 Å². The van der Waals surface area contributed by atoms with Crippen LogP contribution in [0.3, 0.4) is 0 Å². The quantitative estimate of drug-likeness (QED) is 0.274. The van der Waals surface area contributed by atoms with Crippen LogP contribution in [0, 0.1) is 0 Å². The summed E-state index contributed by atoms with van der Waals surface area (Å²) >= 11 is 0. The highest BCUT2D eigenvalue weighted by molar-refractivity contribution is 6.10. The highest BCUT2D eigenvalue weighted by atomic mass is 16.5. The van der Waals surface area contributed by atoms with E-state index in [0.29, 0.717) is 0 Å². The topological polar surface area (TPSA) is 22.1 Å². The second kappa shape index (κ2) is 8.31. The molecule has 0 amide bonds. The predicted molar refractivity (Wildman–Crippen MR) is 143 cm³/mol. The van der Waals surface area contributed by atoms with Crippen molar-refractivity contribution >= 4 is 32.4 Å². The lowest BCUT2D eigenvalue weighted by Crippen LogP contribution is -2.08. The number of aromatic nitrogens is 1. The van der Waals surface area contributed by atoms with Crippen molar-refractivity contribution in [1.82, 2.24) is 4.98 Å². The lowest BCUT2D eigenvalue weighted by molar-refractivity contribution is 0.246. The van der Waals surface area contributed by atoms with Crippen LogP contribution in [-0.4, -0.2) is 11.1 Å². The summed E-state index contributed by atoms with van der Waals surface area (Å²) in [7, 11) is 0. The molecule has 0 unspecified atom stereocenters. The lowest BCUT2D eigenvalue weighted by Gasteiger charge is -2.20. The van der Waals surface area contributed by atoms with Crippen molar-refractivity contribution in [3.05, 3.63) is 109 Å². The molecule has 2 heteroatoms. The third-order valence-corrected chi connectivity index (χ3v) is 6.36. The molecular formula is C32H25NO. The Morgan fingerprint density at radius 1 is 0.559 bits per heavy atom. The second-order valence-electron chi connectivity index (χ2n) is 8.92. The first-order valence-electron chi connectivity index (χ1n) is 11.8. The standard InChI is InChI=1S/C32H25NO/c1-21(2)34-32-30(27-17-8-13-23-11-4-6-15-25(23)27)20-29(28-18-9-19-33-31(28)32)26-16-7-12-22-10-3-5-14-24(22)26/h3-21H,1-2H3. The van der Waals surface area contributed by atoms with E-state index in [-0.39, 0.29) is 6.10 Å². The van der Waals surface area contributed by atoms with Gasteiger partial charge in [-0.1, -0.05) is 91.0 Å². The van der Waals surface area contributed by atoms with Gasteiger partial charge in [0.15, 0.2) is 5.75 Å². The molecule has 34 heavy (non-hydrogen) atoms. The molecule has 0 radical (unpaired) electrons. The summed E-state index contributed by atoms with van der Waals surface area (Å²) in [5.41, 5.74) is 5.49. The van der Waals surface area contributed by atoms with Crippen LogP contribution in [0.1, 0.15) is 13.8 Å². The summed E-state index contributed by atoms with van der Waals surface area (Å²) in [6.07, 6.45) is 1.89. The Morgan fingerprint density at radius 3 is 1.76 bits per heavy atom. The van der Waals surface area contributed by atoms with Crippen molar-refractivity contribution in [2.24, 2.45) is 0 Å². The van der Waals surface area contributed by atoms with E-state index in [2.05, 4.69) is 111 Å². The Bertz CT molecular complexity index is 1650. The molecule has 0 aliphatic heterocycles. The van der Waals surface area contributed by atoms with E-state index in [1.54, 1.807) is 0 Å². The molecule has 164 valence electrons. The van der Waals surface area contributed by atoms with Crippen LogP contribution >= 0.6 is 0 Å². The fourth-order valence-corrected chi connectivity index (χ4v) is 4.92. The zero-order valence-electron chi connectivity index (χ0n) is 19.3. The normalized spacial score (nSPS) is 11.5. The van der Waals surface area contributed by atoms with Crippen molar-refractivity contribution in [3.63, 3.8) is 0 Å². The van der Waals surface area contributed by atoms with Gasteiger partial charge in [0, 0.05) is 17.1 Å². The van der Waals surface area contributed by atoms with Crippen molar-refractivity contribution in [2.45, 2.75) is 20.0 Å². The van der Waals surface area contributed by atoms with Gasteiger partial charge in [-0.25, -0.2) is 0 Å². The molecule has 2 nitrogen and oxygen atoms in total. The van der Waals surface area contributed by atoms with Crippen molar-refractivity contribution in [3.8, 4) is 28.0 Å². The molecule has 0 bridgehead atoms. The molecule has 0 aliphatic carbocycles. The highest BCUT2D eigenvalue weighted by Crippen LogP contribution is 2.45. The van der Waals surface area contributed by atoms with Crippen LogP contribution in [0.25, 0.3) is 54.7 Å². The maximum absolute atomic E-state index is 6.48. The van der Waals surface area contributed by atoms with Crippen LogP contribution in [0.5, 0.6) is 5.75 Å². The number of hydrogen-bond donors (Lipinski definition) is 0. The molecule has 0 N–H and O–H groups in total. The Kier molecular flexibility index (Phi) is 5.00. The van der Waals surface area contributed by atoms with Crippen LogP contribution in [-0.2, 0) is 0 Å². The number of rotatable bonds is 4. The van der Waals surface area contributed by atoms with E-state index in [1.165, 1.54) is 32.7 Å². The van der Waals surface area contributed by atoms with Crippen molar-refractivity contribution < 1.29 is 4.74 Å². The van der Waals surface area contributed by atoms with Crippen molar-refractivity contribution in [1.29, 1.82) is 0 Å². The zero-order chi connectivity index (χ0) is 23.1. The van der Waals surface area contributed by atoms with E-state index in [9.17, 15) is 0 Å². The first kappa shape index (κ1) is 20.4. The van der Waals surface area contributed by atoms with E-state index in [4.69, 9.17) is 9.72 Å². The monoisotopic (exact) mass is 439 g/mol. The Balaban J connectivity index is 1.76. The minimum absolute atomic E-state index is 0.0299. The van der Waals surface area contributed by atoms with Crippen LogP contribution in [0.2, 0.25) is 0 Å². The summed E-state index contributed by atoms with van der Waals surface area (Å²) in [6.45, 7) is 4.14. The zero-order valence-corrected chi connectivity index (χ0v) is 19.3. The molecule has 0 fully saturated rings. The summed E-state index contributed by atoms with van der Waals surface area (Å²) < 4.78 is 6.48. The minimum atomic E-state index is 0.0299. The van der Waals surface area contributed by atoms with Crippen LogP contribution in [0.15, 0.2) is 109 Å². The number of ether oxygens (including phenoxy) is 1. The minimum Gasteiger partial charge on any atom is -0.488 e. The fourth-order valence-electron chi connectivity index (χ4n) is 4.92. The SMILES string of the molecule is CC(C)Oc1c(-c2cccc3ccccc23)cc(-c2cccc3ccccc23)c2cccnc12. The molecule has 6 aromatic rings. The molecule has 0 atom stereocenters. The van der Waals surface area contributed by atoms with Gasteiger partial charge in [0.2, 0.25) is 0 Å². The number of benzene rings is 5. The average Bonchev–Trinajstić information content (AvgIpc) is 2.88. The van der Waals surface area contributed by atoms with E-state index >= 15 is 0 Å². The Labute approximate surface area is 199 Å². The number of nitrogens with zero attached hydrogens (tertiary/aromatic N) is 1. The van der Waals surface area contributed by atoms with Gasteiger partial charge in [-0.2, -0.15) is 0 Å². The van der Waals surface area contributed by atoms with Crippen molar-refractivity contribution in [2.75, 3.05) is 0 Å². The number of fused-ring (bicyclic) bond motifs is 3. The third-order valence-electron chi connectivity index (χ3n) is 6.36. The van der Waals surface area contributed by atoms with Gasteiger partial charge in [0.1, 0.15) is 5.52 Å². The largest absolute Gasteiger partial charge is 0.488 e. The fraction of sp³-hybridized carbons (Fsp3) is 0.0938. The molecule has 0 spiro atoms. The average molecular weight is 440 g/mol. The molecule has 0 aliphatic rings. The van der Waals surface area contributed by atoms with E-state index in [1.807, 2.05) is 12.3 Å². The van der Waals surface area contributed by atoms with Gasteiger partial charge in [-0.15, -0.1) is 0 Å². The highest BCUT2D eigenvalue weighted by Gasteiger charge is 2.20.